The van der Waals surface area contributed by atoms with E-state index in [1.165, 1.54) is 0 Å². The third-order valence-electron chi connectivity index (χ3n) is 3.07. The van der Waals surface area contributed by atoms with E-state index in [4.69, 9.17) is 25.5 Å². The van der Waals surface area contributed by atoms with Crippen molar-refractivity contribution in [2.75, 3.05) is 32.7 Å². The Hall–Kier alpha value is -2.73. The zero-order chi connectivity index (χ0) is 19.6. The summed E-state index contributed by atoms with van der Waals surface area (Å²) in [5, 5.41) is 44.2. The fourth-order valence-electron chi connectivity index (χ4n) is 2.21. The van der Waals surface area contributed by atoms with E-state index >= 15 is 0 Å². The molecule has 0 bridgehead atoms. The van der Waals surface area contributed by atoms with E-state index in [9.17, 15) is 24.0 Å². The van der Waals surface area contributed by atoms with Gasteiger partial charge in [0, 0.05) is 19.0 Å². The maximum atomic E-state index is 10.9. The molecule has 0 aliphatic heterocycles. The largest absolute Gasteiger partial charge is 0.481 e. The molecule has 0 aromatic heterocycles. The monoisotopic (exact) mass is 364 g/mol. The summed E-state index contributed by atoms with van der Waals surface area (Å²) in [5.41, 5.74) is 0. The van der Waals surface area contributed by atoms with Crippen molar-refractivity contribution in [2.24, 2.45) is 0 Å². The number of carboxylic acids is 5. The van der Waals surface area contributed by atoms with Crippen molar-refractivity contribution in [3.8, 4) is 0 Å². The molecule has 0 aliphatic carbocycles. The molecular formula is C13H20N2O10. The Morgan fingerprint density at radius 2 is 1.04 bits per heavy atom. The van der Waals surface area contributed by atoms with Gasteiger partial charge >= 0.3 is 29.8 Å². The van der Waals surface area contributed by atoms with Gasteiger partial charge in [-0.05, 0) is 6.42 Å². The lowest BCUT2D eigenvalue weighted by atomic mass is 10.1. The second-order valence-corrected chi connectivity index (χ2v) is 5.24. The van der Waals surface area contributed by atoms with Gasteiger partial charge in [-0.3, -0.25) is 33.8 Å². The van der Waals surface area contributed by atoms with Crippen LogP contribution in [0.3, 0.4) is 0 Å². The minimum Gasteiger partial charge on any atom is -0.481 e. The standard InChI is InChI=1S/C13H20N2O10/c16-9(17)2-1-8(15(6-12(22)23)7-13(24)25)3-14(4-10(18)19)5-11(20)21/h8H,1-7H2,(H,16,17)(H,18,19)(H,20,21)(H,22,23)(H,24,25). The van der Waals surface area contributed by atoms with Crippen LogP contribution < -0.4 is 0 Å². The second-order valence-electron chi connectivity index (χ2n) is 5.24. The normalized spacial score (nSPS) is 12.1. The van der Waals surface area contributed by atoms with Crippen LogP contribution in [0.25, 0.3) is 0 Å². The van der Waals surface area contributed by atoms with E-state index in [1.807, 2.05) is 0 Å². The van der Waals surface area contributed by atoms with Crippen LogP contribution in [-0.4, -0.2) is 104 Å². The predicted octanol–water partition coefficient (Wildman–Crippen LogP) is -1.84. The minimum absolute atomic E-state index is 0.175. The predicted molar refractivity (Wildman–Crippen MR) is 79.2 cm³/mol. The average Bonchev–Trinajstić information content (AvgIpc) is 2.39. The lowest BCUT2D eigenvalue weighted by Gasteiger charge is -2.32. The van der Waals surface area contributed by atoms with Gasteiger partial charge in [0.1, 0.15) is 0 Å². The molecule has 0 amide bonds. The van der Waals surface area contributed by atoms with Crippen molar-refractivity contribution < 1.29 is 49.5 Å². The summed E-state index contributed by atoms with van der Waals surface area (Å²) in [6, 6.07) is -0.970. The molecule has 142 valence electrons. The van der Waals surface area contributed by atoms with Crippen molar-refractivity contribution in [1.82, 2.24) is 9.80 Å². The van der Waals surface area contributed by atoms with Gasteiger partial charge in [-0.1, -0.05) is 0 Å². The SMILES string of the molecule is O=C(O)CCC(CN(CC(=O)O)CC(=O)O)N(CC(=O)O)CC(=O)O. The van der Waals surface area contributed by atoms with Gasteiger partial charge < -0.3 is 25.5 Å². The summed E-state index contributed by atoms with van der Waals surface area (Å²) in [6.07, 6.45) is -0.597. The van der Waals surface area contributed by atoms with Crippen molar-refractivity contribution in [2.45, 2.75) is 18.9 Å². The number of hydrogen-bond donors (Lipinski definition) is 5. The topological polar surface area (TPSA) is 193 Å². The summed E-state index contributed by atoms with van der Waals surface area (Å²) in [6.45, 7) is -3.10. The molecule has 0 heterocycles. The molecule has 0 aromatic carbocycles. The number of hydrogen-bond acceptors (Lipinski definition) is 7. The average molecular weight is 364 g/mol. The summed E-state index contributed by atoms with van der Waals surface area (Å²) in [7, 11) is 0. The van der Waals surface area contributed by atoms with E-state index in [1.54, 1.807) is 0 Å². The van der Waals surface area contributed by atoms with E-state index in [0.29, 0.717) is 0 Å². The van der Waals surface area contributed by atoms with Gasteiger partial charge in [-0.15, -0.1) is 0 Å². The highest BCUT2D eigenvalue weighted by atomic mass is 16.4. The van der Waals surface area contributed by atoms with Gasteiger partial charge in [0.15, 0.2) is 0 Å². The first-order valence-electron chi connectivity index (χ1n) is 7.06. The molecule has 25 heavy (non-hydrogen) atoms. The van der Waals surface area contributed by atoms with Gasteiger partial charge in [0.05, 0.1) is 26.2 Å². The Labute approximate surface area is 141 Å². The van der Waals surface area contributed by atoms with E-state index in [-0.39, 0.29) is 13.0 Å². The molecule has 0 aliphatic rings. The maximum Gasteiger partial charge on any atom is 0.317 e. The first kappa shape index (κ1) is 22.3. The summed E-state index contributed by atoms with van der Waals surface area (Å²) >= 11 is 0. The Kier molecular flexibility index (Phi) is 9.74. The molecule has 0 rings (SSSR count). The number of carbonyl (C=O) groups is 5. The van der Waals surface area contributed by atoms with Gasteiger partial charge in [-0.25, -0.2) is 0 Å². The zero-order valence-electron chi connectivity index (χ0n) is 13.2. The fourth-order valence-corrected chi connectivity index (χ4v) is 2.21. The number of nitrogens with zero attached hydrogens (tertiary/aromatic N) is 2. The van der Waals surface area contributed by atoms with E-state index in [0.717, 1.165) is 9.80 Å². The quantitative estimate of drug-likeness (QED) is 0.231. The van der Waals surface area contributed by atoms with Crippen LogP contribution >= 0.6 is 0 Å². The van der Waals surface area contributed by atoms with Crippen molar-refractivity contribution in [3.05, 3.63) is 0 Å². The number of carboxylic acid groups (broad SMARTS) is 5. The Morgan fingerprint density at radius 1 is 0.640 bits per heavy atom. The summed E-state index contributed by atoms with van der Waals surface area (Å²) in [4.78, 5) is 56.2. The molecular weight excluding hydrogens is 344 g/mol. The first-order chi connectivity index (χ1) is 11.5. The fraction of sp³-hybridized carbons (Fsp3) is 0.615. The summed E-state index contributed by atoms with van der Waals surface area (Å²) in [5.74, 6) is -6.59. The molecule has 12 heteroatoms. The maximum absolute atomic E-state index is 10.9. The third-order valence-corrected chi connectivity index (χ3v) is 3.07. The number of aliphatic carboxylic acids is 5. The minimum atomic E-state index is -1.36. The van der Waals surface area contributed by atoms with Crippen LogP contribution in [0.2, 0.25) is 0 Å². The van der Waals surface area contributed by atoms with Crippen LogP contribution in [0.1, 0.15) is 12.8 Å². The van der Waals surface area contributed by atoms with Gasteiger partial charge in [0.2, 0.25) is 0 Å². The Balaban J connectivity index is 5.38. The first-order valence-corrected chi connectivity index (χ1v) is 7.06. The van der Waals surface area contributed by atoms with Crippen LogP contribution in [-0.2, 0) is 24.0 Å². The molecule has 0 saturated carbocycles. The molecule has 0 spiro atoms. The molecule has 0 radical (unpaired) electrons. The Bertz CT molecular complexity index is 489. The molecule has 5 N–H and O–H groups in total. The van der Waals surface area contributed by atoms with Crippen LogP contribution in [0.15, 0.2) is 0 Å². The molecule has 1 atom stereocenters. The van der Waals surface area contributed by atoms with Crippen LogP contribution in [0.4, 0.5) is 0 Å². The van der Waals surface area contributed by atoms with Crippen molar-refractivity contribution >= 4 is 29.8 Å². The van der Waals surface area contributed by atoms with E-state index < -0.39 is 68.5 Å². The molecule has 0 aromatic rings. The Morgan fingerprint density at radius 3 is 1.36 bits per heavy atom. The second kappa shape index (κ2) is 10.9. The van der Waals surface area contributed by atoms with Gasteiger partial charge in [-0.2, -0.15) is 0 Å². The zero-order valence-corrected chi connectivity index (χ0v) is 13.2. The lowest BCUT2D eigenvalue weighted by molar-refractivity contribution is -0.147. The van der Waals surface area contributed by atoms with E-state index in [2.05, 4.69) is 0 Å². The number of rotatable bonds is 14. The van der Waals surface area contributed by atoms with Crippen molar-refractivity contribution in [3.63, 3.8) is 0 Å². The third kappa shape index (κ3) is 11.4. The molecule has 1 unspecified atom stereocenters. The highest BCUT2D eigenvalue weighted by molar-refractivity contribution is 5.73. The van der Waals surface area contributed by atoms with Crippen molar-refractivity contribution in [1.29, 1.82) is 0 Å². The summed E-state index contributed by atoms with van der Waals surface area (Å²) < 4.78 is 0. The molecule has 0 fully saturated rings. The van der Waals surface area contributed by atoms with Crippen LogP contribution in [0.5, 0.6) is 0 Å². The highest BCUT2D eigenvalue weighted by Crippen LogP contribution is 2.10. The van der Waals surface area contributed by atoms with Crippen LogP contribution in [0, 0.1) is 0 Å². The van der Waals surface area contributed by atoms with Gasteiger partial charge in [0.25, 0.3) is 0 Å². The lowest BCUT2D eigenvalue weighted by Crippen LogP contribution is -2.50. The smallest absolute Gasteiger partial charge is 0.317 e. The molecule has 0 saturated heterocycles. The highest BCUT2D eigenvalue weighted by Gasteiger charge is 2.27. The molecule has 12 nitrogen and oxygen atoms in total.